The SMILES string of the molecule is O=c1cc2c(nn1CCNS(=O)(=O)c1ccc(F)c(Cl)c1)CCCC2. The van der Waals surface area contributed by atoms with E-state index in [2.05, 4.69) is 9.82 Å². The van der Waals surface area contributed by atoms with Gasteiger partial charge in [0.25, 0.3) is 5.56 Å². The Bertz CT molecular complexity index is 960. The van der Waals surface area contributed by atoms with Crippen LogP contribution >= 0.6 is 11.6 Å². The quantitative estimate of drug-likeness (QED) is 0.852. The molecule has 1 aromatic heterocycles. The minimum absolute atomic E-state index is 0.0109. The van der Waals surface area contributed by atoms with Gasteiger partial charge in [0.1, 0.15) is 5.82 Å². The molecule has 9 heteroatoms. The molecule has 6 nitrogen and oxygen atoms in total. The third-order valence-corrected chi connectivity index (χ3v) is 5.84. The van der Waals surface area contributed by atoms with E-state index in [1.165, 1.54) is 4.68 Å². The molecule has 0 bridgehead atoms. The standard InChI is InChI=1S/C16H17ClFN3O3S/c17-13-10-12(5-6-14(13)18)25(23,24)19-7-8-21-16(22)9-11-3-1-2-4-15(11)20-21/h5-6,9-10,19H,1-4,7-8H2. The maximum Gasteiger partial charge on any atom is 0.267 e. The Kier molecular flexibility index (Phi) is 5.21. The van der Waals surface area contributed by atoms with Crippen LogP contribution in [-0.4, -0.2) is 24.7 Å². The molecule has 3 rings (SSSR count). The lowest BCUT2D eigenvalue weighted by atomic mass is 9.97. The molecule has 0 saturated heterocycles. The summed E-state index contributed by atoms with van der Waals surface area (Å²) in [5.41, 5.74) is 1.64. The molecule has 1 aliphatic rings. The fourth-order valence-electron chi connectivity index (χ4n) is 2.77. The summed E-state index contributed by atoms with van der Waals surface area (Å²) < 4.78 is 41.2. The Morgan fingerprint density at radius 3 is 2.76 bits per heavy atom. The Balaban J connectivity index is 1.70. The molecule has 0 saturated carbocycles. The first kappa shape index (κ1) is 18.0. The third-order valence-electron chi connectivity index (χ3n) is 4.09. The molecule has 2 aromatic rings. The number of sulfonamides is 1. The summed E-state index contributed by atoms with van der Waals surface area (Å²) in [6, 6.07) is 4.75. The van der Waals surface area contributed by atoms with Crippen molar-refractivity contribution < 1.29 is 12.8 Å². The smallest absolute Gasteiger partial charge is 0.267 e. The number of hydrogen-bond acceptors (Lipinski definition) is 4. The van der Waals surface area contributed by atoms with Crippen LogP contribution in [0.2, 0.25) is 5.02 Å². The van der Waals surface area contributed by atoms with Crippen LogP contribution in [0.5, 0.6) is 0 Å². The van der Waals surface area contributed by atoms with Gasteiger partial charge in [-0.2, -0.15) is 5.10 Å². The van der Waals surface area contributed by atoms with E-state index in [9.17, 15) is 17.6 Å². The van der Waals surface area contributed by atoms with E-state index >= 15 is 0 Å². The fourth-order valence-corrected chi connectivity index (χ4v) is 4.07. The second-order valence-corrected chi connectivity index (χ2v) is 8.03. The monoisotopic (exact) mass is 385 g/mol. The molecule has 1 aromatic carbocycles. The average molecular weight is 386 g/mol. The second-order valence-electron chi connectivity index (χ2n) is 5.86. The Labute approximate surface area is 149 Å². The molecule has 0 amide bonds. The van der Waals surface area contributed by atoms with Crippen molar-refractivity contribution in [2.45, 2.75) is 37.1 Å². The molecule has 1 aliphatic carbocycles. The number of halogens is 2. The summed E-state index contributed by atoms with van der Waals surface area (Å²) in [5.74, 6) is -0.689. The van der Waals surface area contributed by atoms with Crippen LogP contribution in [0.3, 0.4) is 0 Å². The van der Waals surface area contributed by atoms with Crippen molar-refractivity contribution in [3.05, 3.63) is 56.7 Å². The van der Waals surface area contributed by atoms with Gasteiger partial charge in [0.05, 0.1) is 22.2 Å². The summed E-state index contributed by atoms with van der Waals surface area (Å²) in [7, 11) is -3.84. The fraction of sp³-hybridized carbons (Fsp3) is 0.375. The minimum Gasteiger partial charge on any atom is -0.268 e. The molecule has 134 valence electrons. The van der Waals surface area contributed by atoms with Crippen LogP contribution in [0.25, 0.3) is 0 Å². The molecular weight excluding hydrogens is 369 g/mol. The van der Waals surface area contributed by atoms with Crippen molar-refractivity contribution in [1.29, 1.82) is 0 Å². The van der Waals surface area contributed by atoms with Crippen LogP contribution in [0.4, 0.5) is 4.39 Å². The number of aromatic nitrogens is 2. The van der Waals surface area contributed by atoms with Crippen LogP contribution in [0, 0.1) is 5.82 Å². The second kappa shape index (κ2) is 7.23. The van der Waals surface area contributed by atoms with Crippen LogP contribution in [0.1, 0.15) is 24.1 Å². The molecule has 1 heterocycles. The molecule has 0 spiro atoms. The molecule has 0 unspecified atom stereocenters. The lowest BCUT2D eigenvalue weighted by molar-refractivity contribution is 0.526. The van der Waals surface area contributed by atoms with Crippen molar-refractivity contribution in [2.24, 2.45) is 0 Å². The normalized spacial score (nSPS) is 14.3. The summed E-state index contributed by atoms with van der Waals surface area (Å²) in [6.45, 7) is 0.100. The predicted octanol–water partition coefficient (Wildman–Crippen LogP) is 1.89. The lowest BCUT2D eigenvalue weighted by Gasteiger charge is -2.16. The lowest BCUT2D eigenvalue weighted by Crippen LogP contribution is -2.33. The maximum absolute atomic E-state index is 13.1. The Hall–Kier alpha value is -1.77. The molecule has 25 heavy (non-hydrogen) atoms. The highest BCUT2D eigenvalue weighted by Crippen LogP contribution is 2.19. The van der Waals surface area contributed by atoms with E-state index in [0.717, 1.165) is 55.1 Å². The number of rotatable bonds is 5. The first-order valence-corrected chi connectivity index (χ1v) is 9.77. The van der Waals surface area contributed by atoms with Crippen LogP contribution in [-0.2, 0) is 29.4 Å². The van der Waals surface area contributed by atoms with E-state index in [-0.39, 0.29) is 28.6 Å². The maximum atomic E-state index is 13.1. The van der Waals surface area contributed by atoms with Gasteiger partial charge in [-0.3, -0.25) is 4.79 Å². The zero-order valence-electron chi connectivity index (χ0n) is 13.3. The Morgan fingerprint density at radius 1 is 1.24 bits per heavy atom. The molecule has 0 radical (unpaired) electrons. The molecule has 1 N–H and O–H groups in total. The number of hydrogen-bond donors (Lipinski definition) is 1. The first-order chi connectivity index (χ1) is 11.9. The van der Waals surface area contributed by atoms with Crippen molar-refractivity contribution in [3.8, 4) is 0 Å². The van der Waals surface area contributed by atoms with Gasteiger partial charge >= 0.3 is 0 Å². The van der Waals surface area contributed by atoms with Crippen molar-refractivity contribution >= 4 is 21.6 Å². The average Bonchev–Trinajstić information content (AvgIpc) is 2.57. The van der Waals surface area contributed by atoms with Crippen LogP contribution in [0.15, 0.2) is 34.0 Å². The van der Waals surface area contributed by atoms with E-state index in [4.69, 9.17) is 11.6 Å². The van der Waals surface area contributed by atoms with E-state index < -0.39 is 15.8 Å². The van der Waals surface area contributed by atoms with Gasteiger partial charge in [-0.25, -0.2) is 22.2 Å². The van der Waals surface area contributed by atoms with E-state index in [1.54, 1.807) is 6.07 Å². The topological polar surface area (TPSA) is 81.1 Å². The number of benzene rings is 1. The number of fused-ring (bicyclic) bond motifs is 1. The molecule has 0 aliphatic heterocycles. The van der Waals surface area contributed by atoms with E-state index in [0.29, 0.717) is 0 Å². The molecular formula is C16H17ClFN3O3S. The number of aryl methyl sites for hydroxylation is 2. The van der Waals surface area contributed by atoms with Gasteiger partial charge in [0, 0.05) is 12.6 Å². The highest BCUT2D eigenvalue weighted by molar-refractivity contribution is 7.89. The van der Waals surface area contributed by atoms with Crippen LogP contribution < -0.4 is 10.3 Å². The van der Waals surface area contributed by atoms with Gasteiger partial charge in [-0.1, -0.05) is 11.6 Å². The minimum atomic E-state index is -3.84. The van der Waals surface area contributed by atoms with Crippen molar-refractivity contribution in [2.75, 3.05) is 6.54 Å². The molecule has 0 atom stereocenters. The zero-order valence-corrected chi connectivity index (χ0v) is 14.9. The number of nitrogens with one attached hydrogen (secondary N) is 1. The third kappa shape index (κ3) is 4.08. The Morgan fingerprint density at radius 2 is 2.00 bits per heavy atom. The summed E-state index contributed by atoms with van der Waals surface area (Å²) >= 11 is 5.62. The predicted molar refractivity (Wildman–Crippen MR) is 91.7 cm³/mol. The largest absolute Gasteiger partial charge is 0.268 e. The van der Waals surface area contributed by atoms with Gasteiger partial charge in [-0.15, -0.1) is 0 Å². The first-order valence-electron chi connectivity index (χ1n) is 7.91. The van der Waals surface area contributed by atoms with Crippen molar-refractivity contribution in [1.82, 2.24) is 14.5 Å². The van der Waals surface area contributed by atoms with Gasteiger partial charge < -0.3 is 0 Å². The van der Waals surface area contributed by atoms with Gasteiger partial charge in [-0.05, 0) is 49.4 Å². The highest BCUT2D eigenvalue weighted by Gasteiger charge is 2.17. The van der Waals surface area contributed by atoms with Gasteiger partial charge in [0.15, 0.2) is 0 Å². The zero-order chi connectivity index (χ0) is 18.0. The highest BCUT2D eigenvalue weighted by atomic mass is 35.5. The van der Waals surface area contributed by atoms with Crippen molar-refractivity contribution in [3.63, 3.8) is 0 Å². The summed E-state index contributed by atoms with van der Waals surface area (Å²) in [5, 5.41) is 4.06. The number of nitrogens with zero attached hydrogens (tertiary/aromatic N) is 2. The summed E-state index contributed by atoms with van der Waals surface area (Å²) in [4.78, 5) is 11.9. The van der Waals surface area contributed by atoms with E-state index in [1.807, 2.05) is 0 Å². The molecule has 0 fully saturated rings. The van der Waals surface area contributed by atoms with Gasteiger partial charge in [0.2, 0.25) is 10.0 Å². The summed E-state index contributed by atoms with van der Waals surface area (Å²) in [6.07, 6.45) is 3.78.